The van der Waals surface area contributed by atoms with Gasteiger partial charge in [0.15, 0.2) is 5.82 Å². The summed E-state index contributed by atoms with van der Waals surface area (Å²) in [5.74, 6) is 0.000736. The molecule has 0 saturated carbocycles. The number of aryl methyl sites for hydroxylation is 1. The minimum absolute atomic E-state index is 0.0451. The summed E-state index contributed by atoms with van der Waals surface area (Å²) in [6.45, 7) is 4.87. The molecule has 0 fully saturated rings. The summed E-state index contributed by atoms with van der Waals surface area (Å²) in [5, 5.41) is 7.26. The Balaban J connectivity index is 1.65. The topological polar surface area (TPSA) is 78.3 Å². The Kier molecular flexibility index (Phi) is 7.88. The quantitative estimate of drug-likeness (QED) is 0.283. The van der Waals surface area contributed by atoms with Crippen LogP contribution in [0.1, 0.15) is 28.4 Å². The summed E-state index contributed by atoms with van der Waals surface area (Å²) in [5.41, 5.74) is 2.23. The molecule has 0 aliphatic heterocycles. The molecule has 1 aromatic heterocycles. The van der Waals surface area contributed by atoms with E-state index in [1.807, 2.05) is 26.0 Å². The second-order valence-corrected chi connectivity index (χ2v) is 8.12. The zero-order valence-electron chi connectivity index (χ0n) is 20.2. The van der Waals surface area contributed by atoms with E-state index >= 15 is 0 Å². The van der Waals surface area contributed by atoms with Gasteiger partial charge in [0.1, 0.15) is 6.61 Å². The van der Waals surface area contributed by atoms with Crippen LogP contribution in [-0.2, 0) is 10.9 Å². The lowest BCUT2D eigenvalue weighted by Gasteiger charge is -2.10. The fourth-order valence-corrected chi connectivity index (χ4v) is 3.49. The number of benzene rings is 3. The highest BCUT2D eigenvalue weighted by Gasteiger charge is 2.30. The number of carbonyl (C=O) groups is 1. The molecular weight excluding hydrogens is 485 g/mol. The van der Waals surface area contributed by atoms with Gasteiger partial charge in [-0.3, -0.25) is 4.79 Å². The zero-order chi connectivity index (χ0) is 26.4. The molecule has 37 heavy (non-hydrogen) atoms. The number of amides is 1. The predicted molar refractivity (Wildman–Crippen MR) is 133 cm³/mol. The molecule has 3 aromatic carbocycles. The van der Waals surface area contributed by atoms with Crippen LogP contribution in [0.2, 0.25) is 0 Å². The summed E-state index contributed by atoms with van der Waals surface area (Å²) >= 11 is 0. The number of halogens is 3. The van der Waals surface area contributed by atoms with E-state index in [4.69, 9.17) is 9.47 Å². The molecule has 4 aromatic rings. The van der Waals surface area contributed by atoms with Gasteiger partial charge in [0.25, 0.3) is 5.91 Å². The highest BCUT2D eigenvalue weighted by molar-refractivity contribution is 6.04. The summed E-state index contributed by atoms with van der Waals surface area (Å²) in [7, 11) is 0. The van der Waals surface area contributed by atoms with Crippen molar-refractivity contribution >= 4 is 11.6 Å². The van der Waals surface area contributed by atoms with Gasteiger partial charge in [-0.25, -0.2) is 4.68 Å². The smallest absolute Gasteiger partial charge is 0.416 e. The van der Waals surface area contributed by atoms with Crippen LogP contribution in [0.25, 0.3) is 17.1 Å². The third-order valence-electron chi connectivity index (χ3n) is 5.38. The number of nitrogens with zero attached hydrogens (tertiary/aromatic N) is 3. The number of carbonyl (C=O) groups excluding carboxylic acids is 1. The molecule has 0 saturated heterocycles. The molecule has 7 nitrogen and oxygen atoms in total. The molecule has 192 valence electrons. The van der Waals surface area contributed by atoms with Crippen molar-refractivity contribution in [2.45, 2.75) is 20.0 Å². The highest BCUT2D eigenvalue weighted by Crippen LogP contribution is 2.32. The Bertz CT molecular complexity index is 1350. The monoisotopic (exact) mass is 510 g/mol. The fourth-order valence-electron chi connectivity index (χ4n) is 3.49. The molecule has 0 spiro atoms. The fraction of sp³-hybridized carbons (Fsp3) is 0.222. The minimum atomic E-state index is -4.45. The molecule has 4 rings (SSSR count). The first-order chi connectivity index (χ1) is 17.7. The van der Waals surface area contributed by atoms with Crippen molar-refractivity contribution in [1.82, 2.24) is 14.8 Å². The summed E-state index contributed by atoms with van der Waals surface area (Å²) in [4.78, 5) is 17.1. The van der Waals surface area contributed by atoms with Crippen molar-refractivity contribution in [2.75, 3.05) is 25.1 Å². The molecule has 1 N–H and O–H groups in total. The van der Waals surface area contributed by atoms with Crippen molar-refractivity contribution in [1.29, 1.82) is 0 Å². The van der Waals surface area contributed by atoms with Crippen molar-refractivity contribution in [3.05, 3.63) is 89.5 Å². The number of rotatable bonds is 9. The molecule has 0 aliphatic rings. The van der Waals surface area contributed by atoms with Gasteiger partial charge < -0.3 is 14.8 Å². The number of hydrogen-bond donors (Lipinski definition) is 1. The van der Waals surface area contributed by atoms with Crippen LogP contribution < -0.4 is 10.1 Å². The Morgan fingerprint density at radius 3 is 2.41 bits per heavy atom. The van der Waals surface area contributed by atoms with E-state index in [0.29, 0.717) is 35.7 Å². The first-order valence-corrected chi connectivity index (χ1v) is 11.6. The average Bonchev–Trinajstić information content (AvgIpc) is 3.31. The third kappa shape index (κ3) is 6.53. The molecule has 1 amide bonds. The maximum Gasteiger partial charge on any atom is 0.416 e. The van der Waals surface area contributed by atoms with Gasteiger partial charge in [0.2, 0.25) is 0 Å². The minimum Gasteiger partial charge on any atom is -0.460 e. The maximum atomic E-state index is 13.1. The molecule has 0 unspecified atom stereocenters. The number of ether oxygens (including phenoxy) is 2. The molecule has 0 aliphatic carbocycles. The molecule has 0 atom stereocenters. The molecule has 0 radical (unpaired) electrons. The van der Waals surface area contributed by atoms with Gasteiger partial charge in [-0.2, -0.15) is 18.2 Å². The molecular formula is C27H25F3N4O3. The third-order valence-corrected chi connectivity index (χ3v) is 5.38. The van der Waals surface area contributed by atoms with Crippen molar-refractivity contribution in [2.24, 2.45) is 0 Å². The van der Waals surface area contributed by atoms with E-state index in [-0.39, 0.29) is 24.3 Å². The first kappa shape index (κ1) is 25.9. The van der Waals surface area contributed by atoms with Gasteiger partial charge >= 0.3 is 12.2 Å². The van der Waals surface area contributed by atoms with Crippen molar-refractivity contribution in [3.63, 3.8) is 0 Å². The number of aromatic nitrogens is 3. The Morgan fingerprint density at radius 1 is 1.00 bits per heavy atom. The highest BCUT2D eigenvalue weighted by atomic mass is 19.4. The van der Waals surface area contributed by atoms with Gasteiger partial charge in [-0.1, -0.05) is 35.9 Å². The van der Waals surface area contributed by atoms with E-state index in [0.717, 1.165) is 17.7 Å². The van der Waals surface area contributed by atoms with Crippen LogP contribution in [0, 0.1) is 6.92 Å². The van der Waals surface area contributed by atoms with Crippen molar-refractivity contribution < 1.29 is 27.4 Å². The van der Waals surface area contributed by atoms with Crippen LogP contribution in [0.3, 0.4) is 0 Å². The first-order valence-electron chi connectivity index (χ1n) is 11.6. The number of anilines is 1. The normalized spacial score (nSPS) is 11.4. The van der Waals surface area contributed by atoms with E-state index in [1.54, 1.807) is 36.4 Å². The Hall–Kier alpha value is -4.18. The van der Waals surface area contributed by atoms with Crippen LogP contribution >= 0.6 is 0 Å². The summed E-state index contributed by atoms with van der Waals surface area (Å²) in [6.07, 6.45) is -4.45. The van der Waals surface area contributed by atoms with Gasteiger partial charge in [-0.05, 0) is 56.3 Å². The average molecular weight is 511 g/mol. The Morgan fingerprint density at radius 2 is 1.73 bits per heavy atom. The second kappa shape index (κ2) is 11.3. The lowest BCUT2D eigenvalue weighted by atomic mass is 10.1. The van der Waals surface area contributed by atoms with Crippen molar-refractivity contribution in [3.8, 4) is 23.1 Å². The van der Waals surface area contributed by atoms with Crippen LogP contribution in [-0.4, -0.2) is 40.5 Å². The van der Waals surface area contributed by atoms with E-state index < -0.39 is 11.7 Å². The molecule has 1 heterocycles. The predicted octanol–water partition coefficient (Wildman–Crippen LogP) is 5.93. The summed E-state index contributed by atoms with van der Waals surface area (Å²) < 4.78 is 51.5. The van der Waals surface area contributed by atoms with Gasteiger partial charge in [0.05, 0.1) is 17.9 Å². The standard InChI is InChI=1S/C27H25F3N4O3/c1-3-36-15-16-37-26-32-24(19-11-13-21(14-12-19)27(28,29)30)34(33-26)23-6-4-5-22(17-23)31-25(35)20-9-7-18(2)8-10-20/h4-14,17H,3,15-16H2,1-2H3,(H,31,35). The maximum absolute atomic E-state index is 13.1. The largest absolute Gasteiger partial charge is 0.460 e. The van der Waals surface area contributed by atoms with Gasteiger partial charge in [-0.15, -0.1) is 5.10 Å². The zero-order valence-corrected chi connectivity index (χ0v) is 20.2. The van der Waals surface area contributed by atoms with Gasteiger partial charge in [0, 0.05) is 23.4 Å². The SMILES string of the molecule is CCOCCOc1nc(-c2ccc(C(F)(F)F)cc2)n(-c2cccc(NC(=O)c3ccc(C)cc3)c2)n1. The van der Waals surface area contributed by atoms with Crippen LogP contribution in [0.5, 0.6) is 6.01 Å². The second-order valence-electron chi connectivity index (χ2n) is 8.12. The number of hydrogen-bond acceptors (Lipinski definition) is 5. The molecule has 10 heteroatoms. The van der Waals surface area contributed by atoms with Crippen LogP contribution in [0.4, 0.5) is 18.9 Å². The lowest BCUT2D eigenvalue weighted by Crippen LogP contribution is -2.12. The van der Waals surface area contributed by atoms with Crippen LogP contribution in [0.15, 0.2) is 72.8 Å². The van der Waals surface area contributed by atoms with E-state index in [9.17, 15) is 18.0 Å². The molecule has 0 bridgehead atoms. The lowest BCUT2D eigenvalue weighted by molar-refractivity contribution is -0.137. The Labute approximate surface area is 211 Å². The van der Waals surface area contributed by atoms with E-state index in [2.05, 4.69) is 15.4 Å². The number of alkyl halides is 3. The number of nitrogens with one attached hydrogen (secondary N) is 1. The van der Waals surface area contributed by atoms with E-state index in [1.165, 1.54) is 16.8 Å². The summed E-state index contributed by atoms with van der Waals surface area (Å²) in [6, 6.07) is 18.7.